The predicted octanol–water partition coefficient (Wildman–Crippen LogP) is -3.15. The van der Waals surface area contributed by atoms with Gasteiger partial charge in [0, 0.05) is 44.7 Å². The fourth-order valence-corrected chi connectivity index (χ4v) is 7.78. The van der Waals surface area contributed by atoms with E-state index < -0.39 is 53.7 Å². The minimum absolute atomic E-state index is 0.00835. The van der Waals surface area contributed by atoms with Gasteiger partial charge in [0.15, 0.2) is 42.4 Å². The van der Waals surface area contributed by atoms with E-state index >= 15 is 0 Å². The van der Waals surface area contributed by atoms with E-state index in [1.807, 2.05) is 20.3 Å². The Bertz CT molecular complexity index is 2130. The van der Waals surface area contributed by atoms with Gasteiger partial charge in [-0.1, -0.05) is 6.42 Å². The third-order valence-corrected chi connectivity index (χ3v) is 11.8. The maximum absolute atomic E-state index is 14.1. The van der Waals surface area contributed by atoms with Crippen LogP contribution in [0.5, 0.6) is 0 Å². The zero-order chi connectivity index (χ0) is 52.6. The van der Waals surface area contributed by atoms with Crippen molar-refractivity contribution in [3.05, 3.63) is 22.3 Å². The lowest BCUT2D eigenvalue weighted by Crippen LogP contribution is -2.58. The smallest absolute Gasteiger partial charge is 0.276 e. The number of guanidine groups is 4. The van der Waals surface area contributed by atoms with Crippen molar-refractivity contribution in [2.24, 2.45) is 76.6 Å². The van der Waals surface area contributed by atoms with Crippen LogP contribution in [-0.4, -0.2) is 136 Å². The number of carbonyl (C=O) groups is 6. The van der Waals surface area contributed by atoms with Crippen LogP contribution in [0.15, 0.2) is 25.0 Å². The van der Waals surface area contributed by atoms with Gasteiger partial charge in [0.2, 0.25) is 29.5 Å². The molecule has 1 aliphatic heterocycles. The number of benzene rings is 1. The van der Waals surface area contributed by atoms with Gasteiger partial charge >= 0.3 is 0 Å². The summed E-state index contributed by atoms with van der Waals surface area (Å²) in [6.45, 7) is 9.41. The van der Waals surface area contributed by atoms with Crippen molar-refractivity contribution >= 4 is 77.0 Å². The van der Waals surface area contributed by atoms with E-state index in [-0.39, 0.29) is 118 Å². The summed E-state index contributed by atoms with van der Waals surface area (Å²) in [5, 5.41) is 13.8. The van der Waals surface area contributed by atoms with Crippen molar-refractivity contribution in [2.45, 2.75) is 129 Å². The molecule has 0 aliphatic carbocycles. The average molecular weight is 984 g/mol. The number of aliphatic imine (C=N–C) groups is 5. The Kier molecular flexibility index (Phi) is 24.9. The highest BCUT2D eigenvalue weighted by Crippen LogP contribution is 2.45. The third-order valence-electron chi connectivity index (χ3n) is 11.8. The molecule has 6 amide bonds. The van der Waals surface area contributed by atoms with Gasteiger partial charge in [0.25, 0.3) is 5.91 Å². The molecule has 1 aliphatic rings. The molecule has 26 nitrogen and oxygen atoms in total. The molecule has 70 heavy (non-hydrogen) atoms. The fraction of sp³-hybridized carbons (Fsp3) is 0.614. The molecule has 5 unspecified atom stereocenters. The molecule has 0 aromatic heterocycles. The largest absolute Gasteiger partial charge is 0.370 e. The van der Waals surface area contributed by atoms with Gasteiger partial charge < -0.3 is 78.2 Å². The number of primary amides is 1. The molecule has 0 bridgehead atoms. The molecular formula is C44H79N20O6+. The van der Waals surface area contributed by atoms with Gasteiger partial charge in [-0.2, -0.15) is 4.99 Å². The molecule has 1 aromatic rings. The SMILES string of the molecule is Cc1c(C)c(C)c2c(c1C)N=C[N+]2(C)CC(=O)NCCCCCC(=O)NC(CCCN=C(N)N)C(=O)NC(CCCN=C(N)N)C(=O)NC(CCCN=C(N)N)C(=O)NC(CCCN=C(N)N)C(N)=O. The first-order valence-electron chi connectivity index (χ1n) is 23.5. The average Bonchev–Trinajstić information content (AvgIpc) is 3.62. The van der Waals surface area contributed by atoms with Crippen molar-refractivity contribution in [1.29, 1.82) is 0 Å². The summed E-state index contributed by atoms with van der Waals surface area (Å²) in [6.07, 6.45) is 4.81. The van der Waals surface area contributed by atoms with Gasteiger partial charge in [-0.05, 0) is 109 Å². The summed E-state index contributed by atoms with van der Waals surface area (Å²) in [7, 11) is 1.97. The van der Waals surface area contributed by atoms with Crippen LogP contribution in [0.3, 0.4) is 0 Å². The van der Waals surface area contributed by atoms with E-state index in [9.17, 15) is 28.8 Å². The monoisotopic (exact) mass is 984 g/mol. The lowest BCUT2D eigenvalue weighted by atomic mass is 9.95. The Morgan fingerprint density at radius 2 is 0.914 bits per heavy atom. The van der Waals surface area contributed by atoms with E-state index in [4.69, 9.17) is 51.6 Å². The highest BCUT2D eigenvalue weighted by Gasteiger charge is 2.38. The zero-order valence-electron chi connectivity index (χ0n) is 41.4. The first-order chi connectivity index (χ1) is 33.0. The number of unbranched alkanes of at least 4 members (excludes halogenated alkanes) is 2. The minimum Gasteiger partial charge on any atom is -0.370 e. The zero-order valence-corrected chi connectivity index (χ0v) is 41.4. The van der Waals surface area contributed by atoms with Crippen molar-refractivity contribution in [3.8, 4) is 0 Å². The molecule has 5 atom stereocenters. The number of rotatable bonds is 32. The molecule has 2 rings (SSSR count). The summed E-state index contributed by atoms with van der Waals surface area (Å²) in [4.78, 5) is 101. The minimum atomic E-state index is -1.26. The van der Waals surface area contributed by atoms with Crippen LogP contribution in [0, 0.1) is 27.7 Å². The van der Waals surface area contributed by atoms with Gasteiger partial charge in [0.1, 0.15) is 29.9 Å². The predicted molar refractivity (Wildman–Crippen MR) is 274 cm³/mol. The van der Waals surface area contributed by atoms with Crippen LogP contribution < -0.4 is 82.7 Å². The molecule has 1 heterocycles. The number of quaternary nitrogens is 1. The highest BCUT2D eigenvalue weighted by atomic mass is 16.2. The Balaban J connectivity index is 2.16. The first kappa shape index (κ1) is 58.9. The van der Waals surface area contributed by atoms with Crippen LogP contribution in [0.1, 0.15) is 99.3 Å². The van der Waals surface area contributed by atoms with Gasteiger partial charge in [-0.15, -0.1) is 0 Å². The van der Waals surface area contributed by atoms with Crippen LogP contribution in [0.4, 0.5) is 11.4 Å². The summed E-state index contributed by atoms with van der Waals surface area (Å²) in [6, 6.07) is -4.75. The number of nitrogens with one attached hydrogen (secondary N) is 5. The number of hydrogen-bond donors (Lipinski definition) is 14. The van der Waals surface area contributed by atoms with Gasteiger partial charge in [0.05, 0.1) is 7.05 Å². The molecule has 0 saturated carbocycles. The molecule has 0 saturated heterocycles. The second kappa shape index (κ2) is 29.6. The summed E-state index contributed by atoms with van der Waals surface area (Å²) >= 11 is 0. The first-order valence-corrected chi connectivity index (χ1v) is 23.5. The second-order valence-corrected chi connectivity index (χ2v) is 17.5. The molecule has 26 heteroatoms. The van der Waals surface area contributed by atoms with Gasteiger partial charge in [-0.25, -0.2) is 4.48 Å². The molecule has 0 spiro atoms. The summed E-state index contributed by atoms with van der Waals surface area (Å²) < 4.78 is 0.266. The molecule has 1 aromatic carbocycles. The standard InChI is InChI=1S/C44H78N20O6/c1-25-26(2)28(4)36-35(27(25)3)59-24-64(36,5)23-34(66)54-18-8-6-7-17-33(65)60-30(14-10-20-56-42(48)49)38(68)62-32(16-12-22-58-44(52)53)40(70)63-31(15-11-21-57-43(50)51)39(69)61-29(37(45)67)13-9-19-55-41(46)47/h24,29-32H,6-23H2,1-5H3,(H22-,45,46,47,48,49,50,51,52,53,54,55,56,57,58,60,61,62,63,65,66,67,68,69,70)/p+1. The Morgan fingerprint density at radius 1 is 0.514 bits per heavy atom. The molecule has 390 valence electrons. The number of hydrogen-bond acceptors (Lipinski definition) is 11. The van der Waals surface area contributed by atoms with E-state index in [0.717, 1.165) is 22.5 Å². The normalized spacial score (nSPS) is 15.2. The van der Waals surface area contributed by atoms with E-state index in [0.29, 0.717) is 32.2 Å². The Hall–Kier alpha value is -7.25. The highest BCUT2D eigenvalue weighted by molar-refractivity contribution is 5.97. The third kappa shape index (κ3) is 20.5. The van der Waals surface area contributed by atoms with E-state index in [1.54, 1.807) is 0 Å². The van der Waals surface area contributed by atoms with Crippen LogP contribution in [-0.2, 0) is 28.8 Å². The number of carbonyl (C=O) groups excluding carboxylic acids is 6. The van der Waals surface area contributed by atoms with Gasteiger partial charge in [-0.3, -0.25) is 48.7 Å². The fourth-order valence-electron chi connectivity index (χ4n) is 7.78. The second-order valence-electron chi connectivity index (χ2n) is 17.5. The molecular weight excluding hydrogens is 905 g/mol. The molecule has 23 N–H and O–H groups in total. The lowest BCUT2D eigenvalue weighted by molar-refractivity contribution is -0.134. The Morgan fingerprint density at radius 3 is 1.34 bits per heavy atom. The summed E-state index contributed by atoms with van der Waals surface area (Å²) in [5.74, 6) is -4.20. The van der Waals surface area contributed by atoms with E-state index in [2.05, 4.69) is 72.3 Å². The van der Waals surface area contributed by atoms with Crippen molar-refractivity contribution in [1.82, 2.24) is 31.1 Å². The molecule has 0 fully saturated rings. The topological polar surface area (TPSA) is 459 Å². The van der Waals surface area contributed by atoms with E-state index in [1.165, 1.54) is 11.1 Å². The molecule has 0 radical (unpaired) electrons. The van der Waals surface area contributed by atoms with Crippen LogP contribution in [0.2, 0.25) is 0 Å². The van der Waals surface area contributed by atoms with Crippen LogP contribution in [0.25, 0.3) is 0 Å². The van der Waals surface area contributed by atoms with Crippen LogP contribution >= 0.6 is 0 Å². The van der Waals surface area contributed by atoms with Crippen molar-refractivity contribution < 1.29 is 28.8 Å². The maximum Gasteiger partial charge on any atom is 0.276 e. The maximum atomic E-state index is 14.1. The number of nitrogens with two attached hydrogens (primary N) is 9. The lowest BCUT2D eigenvalue weighted by Gasteiger charge is -2.28. The van der Waals surface area contributed by atoms with Crippen molar-refractivity contribution in [3.63, 3.8) is 0 Å². The number of fused-ring (bicyclic) bond motifs is 1. The Labute approximate surface area is 410 Å². The van der Waals surface area contributed by atoms with Crippen molar-refractivity contribution in [2.75, 3.05) is 46.3 Å². The quantitative estimate of drug-likeness (QED) is 0.0147. The summed E-state index contributed by atoms with van der Waals surface area (Å²) in [5.41, 5.74) is 55.8. The number of nitrogens with zero attached hydrogens (tertiary/aromatic N) is 6. The number of amides is 6. The number of likely N-dealkylation sites (N-methyl/N-ethyl adjacent to an activating group) is 1.